The van der Waals surface area contributed by atoms with Crippen LogP contribution in [0.2, 0.25) is 0 Å². The van der Waals surface area contributed by atoms with Crippen LogP contribution in [0.5, 0.6) is 5.88 Å². The van der Waals surface area contributed by atoms with Crippen molar-refractivity contribution < 1.29 is 19.4 Å². The van der Waals surface area contributed by atoms with Crippen LogP contribution in [-0.2, 0) is 11.3 Å². The highest BCUT2D eigenvalue weighted by atomic mass is 16.5. The molecular weight excluding hydrogens is 390 g/mol. The fourth-order valence-corrected chi connectivity index (χ4v) is 3.09. The van der Waals surface area contributed by atoms with E-state index >= 15 is 0 Å². The number of hydrogen-bond acceptors (Lipinski definition) is 6. The predicted molar refractivity (Wildman–Crippen MR) is 110 cm³/mol. The van der Waals surface area contributed by atoms with Gasteiger partial charge >= 0.3 is 0 Å². The number of amides is 2. The molecule has 2 heterocycles. The van der Waals surface area contributed by atoms with Gasteiger partial charge in [0.25, 0.3) is 17.4 Å². The van der Waals surface area contributed by atoms with Crippen LogP contribution in [0.1, 0.15) is 60.9 Å². The number of carbonyl (C=O) groups excluding carboxylic acids is 2. The van der Waals surface area contributed by atoms with Gasteiger partial charge < -0.3 is 20.5 Å². The lowest BCUT2D eigenvalue weighted by Gasteiger charge is -2.21. The summed E-state index contributed by atoms with van der Waals surface area (Å²) in [5, 5.41) is 20.3. The molecule has 1 saturated carbocycles. The molecule has 1 fully saturated rings. The Kier molecular flexibility index (Phi) is 6.16. The molecule has 1 aliphatic carbocycles. The molecule has 164 valence electrons. The summed E-state index contributed by atoms with van der Waals surface area (Å²) in [6, 6.07) is 1.47. The lowest BCUT2D eigenvalue weighted by Crippen LogP contribution is -2.37. The number of nitrogens with zero attached hydrogens (tertiary/aromatic N) is 3. The largest absolute Gasteiger partial charge is 0.492 e. The van der Waals surface area contributed by atoms with Gasteiger partial charge in [-0.3, -0.25) is 19.0 Å². The van der Waals surface area contributed by atoms with Crippen molar-refractivity contribution in [1.82, 2.24) is 24.8 Å². The van der Waals surface area contributed by atoms with E-state index in [9.17, 15) is 19.5 Å². The Morgan fingerprint density at radius 1 is 1.30 bits per heavy atom. The van der Waals surface area contributed by atoms with E-state index in [0.717, 1.165) is 17.4 Å². The van der Waals surface area contributed by atoms with Gasteiger partial charge in [-0.2, -0.15) is 9.61 Å². The van der Waals surface area contributed by atoms with E-state index in [0.29, 0.717) is 19.6 Å². The second-order valence-electron chi connectivity index (χ2n) is 8.80. The van der Waals surface area contributed by atoms with Crippen molar-refractivity contribution in [2.45, 2.75) is 52.6 Å². The van der Waals surface area contributed by atoms with Crippen molar-refractivity contribution in [1.29, 1.82) is 0 Å². The first-order valence-corrected chi connectivity index (χ1v) is 10.1. The van der Waals surface area contributed by atoms with Crippen molar-refractivity contribution >= 4 is 17.5 Å². The molecular formula is C20H29N5O5. The normalized spacial score (nSPS) is 14.1. The van der Waals surface area contributed by atoms with E-state index in [4.69, 9.17) is 4.74 Å². The lowest BCUT2D eigenvalue weighted by atomic mass is 9.97. The summed E-state index contributed by atoms with van der Waals surface area (Å²) in [7, 11) is 1.58. The lowest BCUT2D eigenvalue weighted by molar-refractivity contribution is 0.0937. The van der Waals surface area contributed by atoms with Crippen molar-refractivity contribution in [2.75, 3.05) is 20.3 Å². The van der Waals surface area contributed by atoms with Gasteiger partial charge in [-0.05, 0) is 24.7 Å². The summed E-state index contributed by atoms with van der Waals surface area (Å²) in [5.41, 5.74) is -0.978. The van der Waals surface area contributed by atoms with Crippen LogP contribution in [0, 0.1) is 5.41 Å². The van der Waals surface area contributed by atoms with Gasteiger partial charge in [0.15, 0.2) is 11.3 Å². The average Bonchev–Trinajstić information content (AvgIpc) is 3.35. The molecule has 0 unspecified atom stereocenters. The molecule has 10 nitrogen and oxygen atoms in total. The molecule has 2 aromatic heterocycles. The van der Waals surface area contributed by atoms with Gasteiger partial charge in [-0.1, -0.05) is 20.8 Å². The maximum atomic E-state index is 13.1. The van der Waals surface area contributed by atoms with E-state index in [1.54, 1.807) is 7.11 Å². The maximum Gasteiger partial charge on any atom is 0.271 e. The molecule has 1 aliphatic rings. The number of ether oxygens (including phenoxy) is 1. The monoisotopic (exact) mass is 419 g/mol. The first kappa shape index (κ1) is 21.8. The summed E-state index contributed by atoms with van der Waals surface area (Å²) < 4.78 is 7.42. The van der Waals surface area contributed by atoms with E-state index in [1.807, 2.05) is 20.8 Å². The Balaban J connectivity index is 2.05. The number of hydrogen-bond donors (Lipinski definition) is 3. The molecule has 2 amide bonds. The first-order chi connectivity index (χ1) is 14.1. The van der Waals surface area contributed by atoms with Crippen LogP contribution in [0.25, 0.3) is 5.65 Å². The number of carbonyl (C=O) groups is 2. The summed E-state index contributed by atoms with van der Waals surface area (Å²) in [5.74, 6) is -1.64. The molecule has 2 aromatic rings. The van der Waals surface area contributed by atoms with E-state index in [2.05, 4.69) is 15.7 Å². The molecule has 0 spiro atoms. The van der Waals surface area contributed by atoms with Crippen molar-refractivity contribution in [2.24, 2.45) is 5.41 Å². The van der Waals surface area contributed by atoms with Gasteiger partial charge in [0.2, 0.25) is 5.88 Å². The van der Waals surface area contributed by atoms with Crippen LogP contribution < -0.4 is 16.2 Å². The second kappa shape index (κ2) is 8.47. The summed E-state index contributed by atoms with van der Waals surface area (Å²) in [4.78, 5) is 38.2. The first-order valence-electron chi connectivity index (χ1n) is 10.1. The zero-order chi connectivity index (χ0) is 22.1. The fourth-order valence-electron chi connectivity index (χ4n) is 3.09. The van der Waals surface area contributed by atoms with Gasteiger partial charge in [0.05, 0.1) is 0 Å². The number of aromatic nitrogens is 3. The number of aromatic hydroxyl groups is 1. The van der Waals surface area contributed by atoms with E-state index < -0.39 is 23.3 Å². The van der Waals surface area contributed by atoms with Crippen molar-refractivity contribution in [3.05, 3.63) is 27.7 Å². The molecule has 10 heteroatoms. The minimum atomic E-state index is -0.634. The molecule has 3 rings (SSSR count). The molecule has 0 radical (unpaired) electrons. The Labute approximate surface area is 174 Å². The van der Waals surface area contributed by atoms with E-state index in [1.165, 1.54) is 10.6 Å². The summed E-state index contributed by atoms with van der Waals surface area (Å²) >= 11 is 0. The average molecular weight is 419 g/mol. The van der Waals surface area contributed by atoms with Crippen molar-refractivity contribution in [3.8, 4) is 5.88 Å². The molecule has 30 heavy (non-hydrogen) atoms. The van der Waals surface area contributed by atoms with Gasteiger partial charge in [-0.25, -0.2) is 0 Å². The zero-order valence-electron chi connectivity index (χ0n) is 17.8. The Morgan fingerprint density at radius 3 is 2.60 bits per heavy atom. The van der Waals surface area contributed by atoms with Gasteiger partial charge in [0, 0.05) is 38.9 Å². The van der Waals surface area contributed by atoms with Gasteiger partial charge in [0.1, 0.15) is 5.65 Å². The molecule has 0 aromatic carbocycles. The standard InChI is InChI=1S/C20H29N5O5/c1-20(2,3)11-24-14-10-13(16(26)21-8-5-9-30-4)23-25(14)19(29)15(18(24)28)17(27)22-12-6-7-12/h10,12,29H,5-9,11H2,1-4H3,(H,21,26)(H,22,27). The fraction of sp³-hybridized carbons (Fsp3) is 0.600. The number of nitrogens with one attached hydrogen (secondary N) is 2. The quantitative estimate of drug-likeness (QED) is 0.546. The SMILES string of the molecule is COCCCNC(=O)c1cc2n(CC(C)(C)C)c(=O)c(C(=O)NC3CC3)c(O)n2n1. The Morgan fingerprint density at radius 2 is 2.00 bits per heavy atom. The number of rotatable bonds is 8. The highest BCUT2D eigenvalue weighted by molar-refractivity contribution is 5.97. The van der Waals surface area contributed by atoms with Crippen LogP contribution >= 0.6 is 0 Å². The van der Waals surface area contributed by atoms with Crippen LogP contribution in [-0.4, -0.2) is 57.4 Å². The third-order valence-corrected chi connectivity index (χ3v) is 4.67. The molecule has 0 bridgehead atoms. The molecule has 0 saturated heterocycles. The maximum absolute atomic E-state index is 13.1. The number of fused-ring (bicyclic) bond motifs is 1. The topological polar surface area (TPSA) is 127 Å². The van der Waals surface area contributed by atoms with Crippen LogP contribution in [0.15, 0.2) is 10.9 Å². The third kappa shape index (κ3) is 4.81. The Bertz CT molecular complexity index is 1010. The van der Waals surface area contributed by atoms with E-state index in [-0.39, 0.29) is 34.9 Å². The highest BCUT2D eigenvalue weighted by Crippen LogP contribution is 2.24. The van der Waals surface area contributed by atoms with Crippen molar-refractivity contribution in [3.63, 3.8) is 0 Å². The Hall–Kier alpha value is -2.88. The molecule has 0 aliphatic heterocycles. The minimum Gasteiger partial charge on any atom is -0.492 e. The zero-order valence-corrected chi connectivity index (χ0v) is 17.8. The van der Waals surface area contributed by atoms with Crippen LogP contribution in [0.4, 0.5) is 0 Å². The van der Waals surface area contributed by atoms with Gasteiger partial charge in [-0.15, -0.1) is 0 Å². The van der Waals surface area contributed by atoms with Crippen LogP contribution in [0.3, 0.4) is 0 Å². The molecule has 0 atom stereocenters. The second-order valence-corrected chi connectivity index (χ2v) is 8.80. The minimum absolute atomic E-state index is 0.0223. The summed E-state index contributed by atoms with van der Waals surface area (Å²) in [6.45, 7) is 7.04. The number of methoxy groups -OCH3 is 1. The predicted octanol–water partition coefficient (Wildman–Crippen LogP) is 0.906. The third-order valence-electron chi connectivity index (χ3n) is 4.67. The smallest absolute Gasteiger partial charge is 0.271 e. The molecule has 3 N–H and O–H groups in total. The summed E-state index contributed by atoms with van der Waals surface area (Å²) in [6.07, 6.45) is 2.33. The highest BCUT2D eigenvalue weighted by Gasteiger charge is 2.30.